The van der Waals surface area contributed by atoms with E-state index in [0.717, 1.165) is 71.3 Å². The Morgan fingerprint density at radius 2 is 2.00 bits per heavy atom. The molecule has 3 saturated heterocycles. The summed E-state index contributed by atoms with van der Waals surface area (Å²) in [7, 11) is 2.02. The molecule has 0 aromatic carbocycles. The van der Waals surface area contributed by atoms with E-state index in [1.165, 1.54) is 12.4 Å². The average molecular weight is 402 g/mol. The van der Waals surface area contributed by atoms with Crippen LogP contribution in [0.5, 0.6) is 0 Å². The number of hydrogen-bond acceptors (Lipinski definition) is 6. The van der Waals surface area contributed by atoms with Crippen molar-refractivity contribution in [2.24, 2.45) is 5.92 Å². The summed E-state index contributed by atoms with van der Waals surface area (Å²) in [5, 5.41) is 10.6. The second-order valence-corrected chi connectivity index (χ2v) is 8.76. The fourth-order valence-corrected chi connectivity index (χ4v) is 4.97. The van der Waals surface area contributed by atoms with Crippen LogP contribution >= 0.6 is 0 Å². The SMILES string of the molecule is CN1C[C@@H](NC(=O)c2ccnnc2)CC[C@@H](C(=O)N2CCC3(CCCO3)CC2)C1. The monoisotopic (exact) mass is 401 g/mol. The van der Waals surface area contributed by atoms with Gasteiger partial charge in [0.2, 0.25) is 5.91 Å². The number of carbonyl (C=O) groups is 2. The first-order valence-electron chi connectivity index (χ1n) is 10.7. The average Bonchev–Trinajstić information content (AvgIpc) is 3.10. The minimum atomic E-state index is -0.138. The smallest absolute Gasteiger partial charge is 0.253 e. The summed E-state index contributed by atoms with van der Waals surface area (Å²) in [6, 6.07) is 1.68. The molecule has 0 radical (unpaired) electrons. The summed E-state index contributed by atoms with van der Waals surface area (Å²) in [5.74, 6) is 0.110. The number of nitrogens with one attached hydrogen (secondary N) is 1. The largest absolute Gasteiger partial charge is 0.375 e. The minimum absolute atomic E-state index is 0.0111. The molecule has 8 heteroatoms. The fraction of sp³-hybridized carbons (Fsp3) is 0.714. The van der Waals surface area contributed by atoms with Crippen LogP contribution in [-0.4, -0.2) is 83.3 Å². The van der Waals surface area contributed by atoms with Crippen LogP contribution < -0.4 is 5.32 Å². The third kappa shape index (κ3) is 4.75. The number of piperidine rings is 1. The first kappa shape index (κ1) is 20.2. The first-order chi connectivity index (χ1) is 14.0. The highest BCUT2D eigenvalue weighted by molar-refractivity contribution is 5.93. The minimum Gasteiger partial charge on any atom is -0.375 e. The maximum absolute atomic E-state index is 13.2. The highest BCUT2D eigenvalue weighted by atomic mass is 16.5. The molecule has 29 heavy (non-hydrogen) atoms. The molecule has 4 heterocycles. The quantitative estimate of drug-likeness (QED) is 0.816. The molecule has 0 saturated carbocycles. The van der Waals surface area contributed by atoms with Crippen LogP contribution in [0.1, 0.15) is 48.9 Å². The van der Waals surface area contributed by atoms with Crippen molar-refractivity contribution in [3.05, 3.63) is 24.0 Å². The fourth-order valence-electron chi connectivity index (χ4n) is 4.97. The molecule has 3 aliphatic heterocycles. The van der Waals surface area contributed by atoms with Gasteiger partial charge in [0.1, 0.15) is 0 Å². The van der Waals surface area contributed by atoms with Gasteiger partial charge in [-0.25, -0.2) is 0 Å². The van der Waals surface area contributed by atoms with Crippen molar-refractivity contribution in [1.29, 1.82) is 0 Å². The van der Waals surface area contributed by atoms with Crippen molar-refractivity contribution in [1.82, 2.24) is 25.3 Å². The highest BCUT2D eigenvalue weighted by Crippen LogP contribution is 2.36. The van der Waals surface area contributed by atoms with Crippen molar-refractivity contribution in [3.8, 4) is 0 Å². The number of amides is 2. The number of rotatable bonds is 3. The number of nitrogens with zero attached hydrogens (tertiary/aromatic N) is 4. The van der Waals surface area contributed by atoms with Gasteiger partial charge in [0, 0.05) is 38.8 Å². The van der Waals surface area contributed by atoms with Gasteiger partial charge in [0.05, 0.1) is 29.5 Å². The van der Waals surface area contributed by atoms with E-state index >= 15 is 0 Å². The molecule has 2 atom stereocenters. The summed E-state index contributed by atoms with van der Waals surface area (Å²) in [6.45, 7) is 3.94. The van der Waals surface area contributed by atoms with Crippen molar-refractivity contribution < 1.29 is 14.3 Å². The van der Waals surface area contributed by atoms with Crippen LogP contribution in [0.25, 0.3) is 0 Å². The summed E-state index contributed by atoms with van der Waals surface area (Å²) in [4.78, 5) is 29.8. The Morgan fingerprint density at radius 3 is 2.69 bits per heavy atom. The van der Waals surface area contributed by atoms with E-state index in [2.05, 4.69) is 20.4 Å². The molecular weight excluding hydrogens is 370 g/mol. The van der Waals surface area contributed by atoms with E-state index < -0.39 is 0 Å². The molecule has 2 amide bonds. The molecular formula is C21H31N5O3. The Bertz CT molecular complexity index is 712. The predicted octanol–water partition coefficient (Wildman–Crippen LogP) is 1.09. The van der Waals surface area contributed by atoms with E-state index in [-0.39, 0.29) is 29.4 Å². The number of hydrogen-bond donors (Lipinski definition) is 1. The van der Waals surface area contributed by atoms with E-state index in [1.807, 2.05) is 11.9 Å². The molecule has 3 aliphatic rings. The Hall–Kier alpha value is -2.06. The Kier molecular flexibility index (Phi) is 6.10. The first-order valence-corrected chi connectivity index (χ1v) is 10.7. The summed E-state index contributed by atoms with van der Waals surface area (Å²) in [5.41, 5.74) is 0.546. The van der Waals surface area contributed by atoms with Crippen molar-refractivity contribution >= 4 is 11.8 Å². The molecule has 1 N–H and O–H groups in total. The number of likely N-dealkylation sites (tertiary alicyclic amines) is 2. The third-order valence-electron chi connectivity index (χ3n) is 6.63. The number of aromatic nitrogens is 2. The lowest BCUT2D eigenvalue weighted by Crippen LogP contribution is -2.49. The third-order valence-corrected chi connectivity index (χ3v) is 6.63. The van der Waals surface area contributed by atoms with Gasteiger partial charge < -0.3 is 19.9 Å². The van der Waals surface area contributed by atoms with E-state index in [1.54, 1.807) is 6.07 Å². The van der Waals surface area contributed by atoms with Gasteiger partial charge >= 0.3 is 0 Å². The lowest BCUT2D eigenvalue weighted by atomic mass is 9.88. The molecule has 0 bridgehead atoms. The molecule has 1 aromatic rings. The van der Waals surface area contributed by atoms with Crippen LogP contribution in [-0.2, 0) is 9.53 Å². The molecule has 158 valence electrons. The van der Waals surface area contributed by atoms with Crippen LogP contribution in [0.3, 0.4) is 0 Å². The zero-order chi connectivity index (χ0) is 20.3. The van der Waals surface area contributed by atoms with Crippen molar-refractivity contribution in [3.63, 3.8) is 0 Å². The zero-order valence-corrected chi connectivity index (χ0v) is 17.2. The maximum Gasteiger partial charge on any atom is 0.253 e. The summed E-state index contributed by atoms with van der Waals surface area (Å²) >= 11 is 0. The zero-order valence-electron chi connectivity index (χ0n) is 17.2. The number of likely N-dealkylation sites (N-methyl/N-ethyl adjacent to an activating group) is 1. The van der Waals surface area contributed by atoms with E-state index in [4.69, 9.17) is 4.74 Å². The molecule has 0 unspecified atom stereocenters. The normalized spacial score (nSPS) is 27.6. The molecule has 1 aromatic heterocycles. The van der Waals surface area contributed by atoms with Gasteiger partial charge in [0.15, 0.2) is 0 Å². The van der Waals surface area contributed by atoms with Crippen molar-refractivity contribution in [2.45, 2.75) is 50.2 Å². The van der Waals surface area contributed by atoms with Gasteiger partial charge in [-0.2, -0.15) is 10.2 Å². The second kappa shape index (κ2) is 8.75. The van der Waals surface area contributed by atoms with Gasteiger partial charge in [-0.05, 0) is 51.6 Å². The standard InChI is InChI=1S/C21H31N5O3/c1-25-14-17(20(28)26-10-7-21(8-11-26)6-2-12-29-21)3-4-18(15-25)24-19(27)16-5-9-22-23-13-16/h5,9,13,17-18H,2-4,6-8,10-12,14-15H2,1H3,(H,24,27)/t17-,18+/m1/s1. The van der Waals surface area contributed by atoms with Gasteiger partial charge in [-0.3, -0.25) is 9.59 Å². The molecule has 8 nitrogen and oxygen atoms in total. The van der Waals surface area contributed by atoms with Gasteiger partial charge in [0.25, 0.3) is 5.91 Å². The Morgan fingerprint density at radius 1 is 1.17 bits per heavy atom. The Balaban J connectivity index is 1.31. The maximum atomic E-state index is 13.2. The van der Waals surface area contributed by atoms with Crippen LogP contribution in [0.4, 0.5) is 0 Å². The second-order valence-electron chi connectivity index (χ2n) is 8.76. The van der Waals surface area contributed by atoms with E-state index in [9.17, 15) is 9.59 Å². The summed E-state index contributed by atoms with van der Waals surface area (Å²) in [6.07, 6.45) is 8.77. The van der Waals surface area contributed by atoms with Gasteiger partial charge in [-0.1, -0.05) is 0 Å². The number of ether oxygens (including phenoxy) is 1. The lowest BCUT2D eigenvalue weighted by molar-refractivity contribution is -0.140. The molecule has 0 aliphatic carbocycles. The van der Waals surface area contributed by atoms with Crippen molar-refractivity contribution in [2.75, 3.05) is 39.8 Å². The van der Waals surface area contributed by atoms with Crippen LogP contribution in [0.2, 0.25) is 0 Å². The molecule has 4 rings (SSSR count). The summed E-state index contributed by atoms with van der Waals surface area (Å²) < 4.78 is 5.98. The van der Waals surface area contributed by atoms with Crippen LogP contribution in [0.15, 0.2) is 18.5 Å². The number of carbonyl (C=O) groups excluding carboxylic acids is 2. The van der Waals surface area contributed by atoms with E-state index in [0.29, 0.717) is 5.56 Å². The highest BCUT2D eigenvalue weighted by Gasteiger charge is 2.40. The van der Waals surface area contributed by atoms with Gasteiger partial charge in [-0.15, -0.1) is 0 Å². The lowest BCUT2D eigenvalue weighted by Gasteiger charge is -2.40. The molecule has 3 fully saturated rings. The molecule has 1 spiro atoms. The predicted molar refractivity (Wildman–Crippen MR) is 107 cm³/mol. The topological polar surface area (TPSA) is 87.7 Å². The Labute approximate surface area is 172 Å². The van der Waals surface area contributed by atoms with Crippen LogP contribution in [0, 0.1) is 5.92 Å².